The number of carbonyl (C=O) groups excluding carboxylic acids is 2. The quantitative estimate of drug-likeness (QED) is 0.580. The first-order valence-corrected chi connectivity index (χ1v) is 5.58. The maximum Gasteiger partial charge on any atom is 0.307 e. The fourth-order valence-electron chi connectivity index (χ4n) is 1.25. The second-order valence-corrected chi connectivity index (χ2v) is 3.28. The van der Waals surface area contributed by atoms with Gasteiger partial charge in [0.2, 0.25) is 5.91 Å². The van der Waals surface area contributed by atoms with Crippen LogP contribution in [-0.2, 0) is 19.1 Å². The van der Waals surface area contributed by atoms with Crippen LogP contribution in [0.3, 0.4) is 0 Å². The molecule has 0 heterocycles. The van der Waals surface area contributed by atoms with E-state index in [-0.39, 0.29) is 18.3 Å². The molecule has 94 valence electrons. The first kappa shape index (κ1) is 14.9. The summed E-state index contributed by atoms with van der Waals surface area (Å²) in [6.07, 6.45) is 0.676. The third-order valence-corrected chi connectivity index (χ3v) is 2.11. The zero-order chi connectivity index (χ0) is 12.4. The van der Waals surface area contributed by atoms with E-state index in [2.05, 4.69) is 0 Å². The van der Waals surface area contributed by atoms with Crippen molar-refractivity contribution in [3.8, 4) is 0 Å². The van der Waals surface area contributed by atoms with Crippen LogP contribution >= 0.6 is 0 Å². The molecule has 5 nitrogen and oxygen atoms in total. The van der Waals surface area contributed by atoms with Gasteiger partial charge in [0.25, 0.3) is 0 Å². The van der Waals surface area contributed by atoms with Crippen molar-refractivity contribution in [1.29, 1.82) is 0 Å². The van der Waals surface area contributed by atoms with Crippen molar-refractivity contribution in [2.75, 3.05) is 33.4 Å². The highest BCUT2D eigenvalue weighted by molar-refractivity contribution is 5.77. The Morgan fingerprint density at radius 3 is 2.38 bits per heavy atom. The molecule has 0 bridgehead atoms. The molecular weight excluding hydrogens is 210 g/mol. The molecule has 5 heteroatoms. The Morgan fingerprint density at radius 2 is 1.88 bits per heavy atom. The molecular formula is C11H21NO4. The molecule has 0 rings (SSSR count). The maximum atomic E-state index is 11.5. The predicted molar refractivity (Wildman–Crippen MR) is 60.0 cm³/mol. The van der Waals surface area contributed by atoms with Gasteiger partial charge in [0.15, 0.2) is 0 Å². The zero-order valence-electron chi connectivity index (χ0n) is 10.3. The highest BCUT2D eigenvalue weighted by atomic mass is 16.5. The molecule has 0 atom stereocenters. The molecule has 0 fully saturated rings. The van der Waals surface area contributed by atoms with Crippen LogP contribution in [0.1, 0.15) is 26.7 Å². The topological polar surface area (TPSA) is 55.8 Å². The number of nitrogens with zero attached hydrogens (tertiary/aromatic N) is 1. The van der Waals surface area contributed by atoms with Gasteiger partial charge in [-0.1, -0.05) is 6.92 Å². The van der Waals surface area contributed by atoms with E-state index in [0.29, 0.717) is 32.7 Å². The average molecular weight is 231 g/mol. The summed E-state index contributed by atoms with van der Waals surface area (Å²) in [5.74, 6) is -0.241. The van der Waals surface area contributed by atoms with Gasteiger partial charge in [-0.2, -0.15) is 0 Å². The molecule has 0 saturated carbocycles. The Hall–Kier alpha value is -1.10. The van der Waals surface area contributed by atoms with Crippen LogP contribution in [0.2, 0.25) is 0 Å². The normalized spacial score (nSPS) is 9.94. The van der Waals surface area contributed by atoms with Gasteiger partial charge in [0, 0.05) is 26.6 Å². The lowest BCUT2D eigenvalue weighted by atomic mass is 10.3. The molecule has 0 N–H and O–H groups in total. The first-order chi connectivity index (χ1) is 7.65. The lowest BCUT2D eigenvalue weighted by Crippen LogP contribution is -2.35. The summed E-state index contributed by atoms with van der Waals surface area (Å²) in [5.41, 5.74) is 0. The van der Waals surface area contributed by atoms with E-state index in [9.17, 15) is 9.59 Å². The summed E-state index contributed by atoms with van der Waals surface area (Å²) in [7, 11) is 1.58. The Kier molecular flexibility index (Phi) is 8.52. The molecule has 0 spiro atoms. The van der Waals surface area contributed by atoms with E-state index >= 15 is 0 Å². The molecule has 0 aromatic heterocycles. The van der Waals surface area contributed by atoms with Crippen LogP contribution in [0.15, 0.2) is 0 Å². The van der Waals surface area contributed by atoms with Crippen molar-refractivity contribution in [2.24, 2.45) is 0 Å². The van der Waals surface area contributed by atoms with Crippen LogP contribution < -0.4 is 0 Å². The van der Waals surface area contributed by atoms with Crippen LogP contribution in [-0.4, -0.2) is 50.2 Å². The van der Waals surface area contributed by atoms with Crippen LogP contribution in [0.5, 0.6) is 0 Å². The summed E-state index contributed by atoms with van der Waals surface area (Å²) >= 11 is 0. The molecule has 0 aromatic rings. The number of amides is 1. The largest absolute Gasteiger partial charge is 0.466 e. The molecule has 0 saturated heterocycles. The number of methoxy groups -OCH3 is 1. The molecule has 0 aliphatic heterocycles. The lowest BCUT2D eigenvalue weighted by molar-refractivity contribution is -0.144. The third kappa shape index (κ3) is 6.40. The summed E-state index contributed by atoms with van der Waals surface area (Å²) in [4.78, 5) is 24.3. The van der Waals surface area contributed by atoms with Crippen LogP contribution in [0, 0.1) is 0 Å². The van der Waals surface area contributed by atoms with Gasteiger partial charge < -0.3 is 14.4 Å². The van der Waals surface area contributed by atoms with E-state index in [1.54, 1.807) is 25.9 Å². The second-order valence-electron chi connectivity index (χ2n) is 3.28. The Morgan fingerprint density at radius 1 is 1.19 bits per heavy atom. The minimum absolute atomic E-state index is 0.0290. The lowest BCUT2D eigenvalue weighted by Gasteiger charge is -2.21. The van der Waals surface area contributed by atoms with E-state index in [4.69, 9.17) is 9.47 Å². The van der Waals surface area contributed by atoms with E-state index < -0.39 is 0 Å². The van der Waals surface area contributed by atoms with Crippen molar-refractivity contribution >= 4 is 11.9 Å². The third-order valence-electron chi connectivity index (χ3n) is 2.11. The average Bonchev–Trinajstić information content (AvgIpc) is 2.28. The van der Waals surface area contributed by atoms with E-state index in [0.717, 1.165) is 0 Å². The van der Waals surface area contributed by atoms with Crippen molar-refractivity contribution < 1.29 is 19.1 Å². The van der Waals surface area contributed by atoms with Crippen LogP contribution in [0.4, 0.5) is 0 Å². The van der Waals surface area contributed by atoms with Gasteiger partial charge >= 0.3 is 5.97 Å². The number of ether oxygens (including phenoxy) is 2. The standard InChI is InChI=1S/C11H21NO4/c1-4-10(13)12(8-9-15-3)7-6-11(14)16-5-2/h4-9H2,1-3H3. The minimum atomic E-state index is -0.270. The van der Waals surface area contributed by atoms with Gasteiger partial charge in [-0.15, -0.1) is 0 Å². The molecule has 0 radical (unpaired) electrons. The highest BCUT2D eigenvalue weighted by Crippen LogP contribution is 1.98. The number of hydrogen-bond acceptors (Lipinski definition) is 4. The Balaban J connectivity index is 4.00. The molecule has 0 unspecified atom stereocenters. The molecule has 1 amide bonds. The van der Waals surface area contributed by atoms with Gasteiger partial charge in [0.1, 0.15) is 0 Å². The zero-order valence-corrected chi connectivity index (χ0v) is 10.3. The van der Waals surface area contributed by atoms with Gasteiger partial charge in [0.05, 0.1) is 19.6 Å². The van der Waals surface area contributed by atoms with E-state index in [1.807, 2.05) is 0 Å². The monoisotopic (exact) mass is 231 g/mol. The maximum absolute atomic E-state index is 11.5. The predicted octanol–water partition coefficient (Wildman–Crippen LogP) is 0.825. The number of esters is 1. The van der Waals surface area contributed by atoms with Gasteiger partial charge in [-0.25, -0.2) is 0 Å². The van der Waals surface area contributed by atoms with Crippen molar-refractivity contribution in [3.63, 3.8) is 0 Å². The van der Waals surface area contributed by atoms with Crippen molar-refractivity contribution in [3.05, 3.63) is 0 Å². The Labute approximate surface area is 96.7 Å². The fraction of sp³-hybridized carbons (Fsp3) is 0.818. The molecule has 0 aromatic carbocycles. The Bertz CT molecular complexity index is 218. The summed E-state index contributed by atoms with van der Waals surface area (Å²) in [6, 6.07) is 0. The number of carbonyl (C=O) groups is 2. The van der Waals surface area contributed by atoms with Crippen molar-refractivity contribution in [2.45, 2.75) is 26.7 Å². The molecule has 0 aliphatic rings. The summed E-state index contributed by atoms with van der Waals surface area (Å²) in [6.45, 7) is 5.33. The van der Waals surface area contributed by atoms with Crippen LogP contribution in [0.25, 0.3) is 0 Å². The highest BCUT2D eigenvalue weighted by Gasteiger charge is 2.13. The van der Waals surface area contributed by atoms with Gasteiger partial charge in [-0.3, -0.25) is 9.59 Å². The smallest absolute Gasteiger partial charge is 0.307 e. The minimum Gasteiger partial charge on any atom is -0.466 e. The summed E-state index contributed by atoms with van der Waals surface area (Å²) < 4.78 is 9.71. The molecule has 16 heavy (non-hydrogen) atoms. The van der Waals surface area contributed by atoms with E-state index in [1.165, 1.54) is 0 Å². The van der Waals surface area contributed by atoms with Gasteiger partial charge in [-0.05, 0) is 6.92 Å². The number of hydrogen-bond donors (Lipinski definition) is 0. The summed E-state index contributed by atoms with van der Waals surface area (Å²) in [5, 5.41) is 0. The second kappa shape index (κ2) is 9.15. The first-order valence-electron chi connectivity index (χ1n) is 5.58. The fourth-order valence-corrected chi connectivity index (χ4v) is 1.25. The molecule has 0 aliphatic carbocycles. The SMILES string of the molecule is CCOC(=O)CCN(CCOC)C(=O)CC. The van der Waals surface area contributed by atoms with Crippen molar-refractivity contribution in [1.82, 2.24) is 4.90 Å². The number of rotatable bonds is 8.